The first kappa shape index (κ1) is 50.5. The zero-order valence-electron chi connectivity index (χ0n) is 37.1. The van der Waals surface area contributed by atoms with Crippen molar-refractivity contribution in [2.24, 2.45) is 23.3 Å². The Bertz CT molecular complexity index is 2220. The van der Waals surface area contributed by atoms with Crippen LogP contribution in [0.15, 0.2) is 60.8 Å². The maximum atomic E-state index is 14.1. The Balaban J connectivity index is 1.40. The molecular formula is C45H61N11O9. The van der Waals surface area contributed by atoms with Crippen molar-refractivity contribution in [3.05, 3.63) is 71.9 Å². The first-order chi connectivity index (χ1) is 30.9. The second-order valence-corrected chi connectivity index (χ2v) is 16.3. The zero-order chi connectivity index (χ0) is 47.8. The van der Waals surface area contributed by atoms with Gasteiger partial charge >= 0.3 is 5.97 Å². The van der Waals surface area contributed by atoms with Crippen molar-refractivity contribution in [1.29, 1.82) is 5.41 Å². The number of hydrogen-bond acceptors (Lipinski definition) is 10. The molecule has 2 aromatic carbocycles. The van der Waals surface area contributed by atoms with Crippen molar-refractivity contribution in [3.8, 4) is 0 Å². The molecule has 0 saturated carbocycles. The fraction of sp³-hybridized carbons (Fsp3) is 0.467. The van der Waals surface area contributed by atoms with E-state index in [1.54, 1.807) is 75.5 Å². The molecule has 12 N–H and O–H groups in total. The number of aromatic nitrogens is 1. The number of primary amides is 1. The summed E-state index contributed by atoms with van der Waals surface area (Å²) in [6.45, 7) is 7.45. The normalized spacial score (nSPS) is 16.2. The second kappa shape index (κ2) is 24.1. The van der Waals surface area contributed by atoms with Crippen LogP contribution in [0.2, 0.25) is 0 Å². The van der Waals surface area contributed by atoms with Crippen LogP contribution in [-0.4, -0.2) is 112 Å². The molecule has 2 heterocycles. The summed E-state index contributed by atoms with van der Waals surface area (Å²) in [6, 6.07) is 9.44. The van der Waals surface area contributed by atoms with Crippen LogP contribution in [0.1, 0.15) is 88.6 Å². The lowest BCUT2D eigenvalue weighted by atomic mass is 9.96. The standard InChI is InChI=1S/C45H61N11O9/c1-5-25(3)37(39(46)60)55-41(62)32(11-7-8-19-50-45(47)48)53-42(63)34(24-36(58)59)54-43(64)38(26(4)6-2)56-21-18-33(44(56)65)52-35(57)22-27-12-15-30(16-13-27)51-40(61)29-14-17-31-28(23-29)10-9-20-49-31/h9-10,12-17,20,23,25-26,32-34,37-38H,5-8,11,18-19,21-22,24H2,1-4H3,(H2,46,60)(H,51,61)(H,52,57)(H,53,63)(H,54,64)(H,55,62)(H,58,59)(H4,47,48,50)/t25-,26-,32+,33?,34-,37-,38-/m0/s1. The number of guanidine groups is 1. The highest BCUT2D eigenvalue weighted by Gasteiger charge is 2.43. The third-order valence-electron chi connectivity index (χ3n) is 11.5. The predicted molar refractivity (Wildman–Crippen MR) is 242 cm³/mol. The van der Waals surface area contributed by atoms with Crippen molar-refractivity contribution >= 4 is 69.9 Å². The molecule has 65 heavy (non-hydrogen) atoms. The highest BCUT2D eigenvalue weighted by atomic mass is 16.4. The Morgan fingerprint density at radius 1 is 0.877 bits per heavy atom. The Morgan fingerprint density at radius 2 is 1.55 bits per heavy atom. The van der Waals surface area contributed by atoms with E-state index in [0.29, 0.717) is 49.0 Å². The molecule has 1 unspecified atom stereocenters. The summed E-state index contributed by atoms with van der Waals surface area (Å²) in [6.07, 6.45) is 2.65. The summed E-state index contributed by atoms with van der Waals surface area (Å²) < 4.78 is 0. The number of carbonyl (C=O) groups is 8. The molecule has 0 aliphatic carbocycles. The van der Waals surface area contributed by atoms with Crippen molar-refractivity contribution in [2.45, 2.75) is 109 Å². The summed E-state index contributed by atoms with van der Waals surface area (Å²) in [5.74, 6) is -7.07. The number of carbonyl (C=O) groups excluding carboxylic acids is 7. The van der Waals surface area contributed by atoms with Crippen LogP contribution in [-0.2, 0) is 40.0 Å². The molecule has 0 bridgehead atoms. The average Bonchev–Trinajstić information content (AvgIpc) is 3.61. The van der Waals surface area contributed by atoms with Crippen molar-refractivity contribution in [1.82, 2.24) is 36.5 Å². The van der Waals surface area contributed by atoms with Crippen LogP contribution in [0.25, 0.3) is 10.9 Å². The number of fused-ring (bicyclic) bond motifs is 1. The number of unbranched alkanes of at least 4 members (excludes halogenated alkanes) is 1. The van der Waals surface area contributed by atoms with E-state index in [1.165, 1.54) is 4.90 Å². The van der Waals surface area contributed by atoms with Gasteiger partial charge in [0.25, 0.3) is 5.91 Å². The van der Waals surface area contributed by atoms with E-state index in [9.17, 15) is 43.5 Å². The number of anilines is 1. The van der Waals surface area contributed by atoms with Gasteiger partial charge in [-0.15, -0.1) is 0 Å². The van der Waals surface area contributed by atoms with Gasteiger partial charge in [-0.1, -0.05) is 58.7 Å². The molecule has 350 valence electrons. The number of aliphatic carboxylic acids is 1. The number of hydrogen-bond donors (Lipinski definition) is 10. The van der Waals surface area contributed by atoms with Gasteiger partial charge in [-0.2, -0.15) is 0 Å². The average molecular weight is 900 g/mol. The van der Waals surface area contributed by atoms with Gasteiger partial charge in [-0.05, 0) is 79.5 Å². The monoisotopic (exact) mass is 899 g/mol. The quantitative estimate of drug-likeness (QED) is 0.0346. The van der Waals surface area contributed by atoms with E-state index < -0.39 is 84.0 Å². The lowest BCUT2D eigenvalue weighted by Gasteiger charge is -2.33. The van der Waals surface area contributed by atoms with Gasteiger partial charge in [0, 0.05) is 35.9 Å². The summed E-state index contributed by atoms with van der Waals surface area (Å²) in [5, 5.41) is 33.8. The van der Waals surface area contributed by atoms with Crippen LogP contribution in [0.5, 0.6) is 0 Å². The number of amides is 7. The van der Waals surface area contributed by atoms with E-state index >= 15 is 0 Å². The molecule has 20 heteroatoms. The zero-order valence-corrected chi connectivity index (χ0v) is 37.1. The van der Waals surface area contributed by atoms with Crippen molar-refractivity contribution in [3.63, 3.8) is 0 Å². The number of pyridine rings is 1. The highest BCUT2D eigenvalue weighted by Crippen LogP contribution is 2.23. The highest BCUT2D eigenvalue weighted by molar-refractivity contribution is 6.06. The lowest BCUT2D eigenvalue weighted by molar-refractivity contribution is -0.144. The predicted octanol–water partition coefficient (Wildman–Crippen LogP) is 1.28. The van der Waals surface area contributed by atoms with Crippen LogP contribution in [0.4, 0.5) is 5.69 Å². The third-order valence-corrected chi connectivity index (χ3v) is 11.5. The largest absolute Gasteiger partial charge is 0.481 e. The van der Waals surface area contributed by atoms with Crippen LogP contribution < -0.4 is 43.4 Å². The van der Waals surface area contributed by atoms with Gasteiger partial charge in [0.15, 0.2) is 5.96 Å². The van der Waals surface area contributed by atoms with Gasteiger partial charge in [0.2, 0.25) is 35.4 Å². The fourth-order valence-corrected chi connectivity index (χ4v) is 7.46. The van der Waals surface area contributed by atoms with Crippen LogP contribution in [0, 0.1) is 17.2 Å². The molecule has 7 atom stereocenters. The summed E-state index contributed by atoms with van der Waals surface area (Å²) in [7, 11) is 0. The minimum atomic E-state index is -1.67. The summed E-state index contributed by atoms with van der Waals surface area (Å²) >= 11 is 0. The van der Waals surface area contributed by atoms with Gasteiger partial charge < -0.3 is 53.4 Å². The first-order valence-electron chi connectivity index (χ1n) is 21.8. The minimum Gasteiger partial charge on any atom is -0.481 e. The molecule has 1 fully saturated rings. The lowest BCUT2D eigenvalue weighted by Crippen LogP contribution is -2.60. The molecule has 1 saturated heterocycles. The maximum absolute atomic E-state index is 14.1. The van der Waals surface area contributed by atoms with Gasteiger partial charge in [-0.25, -0.2) is 0 Å². The Labute approximate surface area is 377 Å². The number of carboxylic acid groups (broad SMARTS) is 1. The van der Waals surface area contributed by atoms with E-state index in [2.05, 4.69) is 36.9 Å². The number of likely N-dealkylation sites (tertiary alicyclic amines) is 1. The number of benzene rings is 2. The molecule has 3 aromatic rings. The summed E-state index contributed by atoms with van der Waals surface area (Å²) in [5.41, 5.74) is 13.3. The first-order valence-corrected chi connectivity index (χ1v) is 21.8. The minimum absolute atomic E-state index is 0.0381. The Hall–Kier alpha value is -7.12. The number of nitrogens with two attached hydrogens (primary N) is 2. The molecule has 0 spiro atoms. The van der Waals surface area contributed by atoms with Crippen molar-refractivity contribution in [2.75, 3.05) is 18.4 Å². The SMILES string of the molecule is CC[C@H](C)[C@H](NC(=O)[C@@H](CCCCNC(=N)N)NC(=O)[C@H](CC(=O)O)NC(=O)[C@H]([C@@H](C)CC)N1CCC(NC(=O)Cc2ccc(NC(=O)c3ccc4ncccc4c3)cc2)C1=O)C(N)=O. The van der Waals surface area contributed by atoms with Gasteiger partial charge in [-0.3, -0.25) is 48.7 Å². The number of nitrogens with zero attached hydrogens (tertiary/aromatic N) is 2. The molecular weight excluding hydrogens is 839 g/mol. The smallest absolute Gasteiger partial charge is 0.305 e. The number of carboxylic acids is 1. The maximum Gasteiger partial charge on any atom is 0.305 e. The molecule has 7 amide bonds. The molecule has 1 aliphatic rings. The van der Waals surface area contributed by atoms with Gasteiger partial charge in [0.05, 0.1) is 18.4 Å². The van der Waals surface area contributed by atoms with Crippen LogP contribution in [0.3, 0.4) is 0 Å². The number of nitrogens with one attached hydrogen (secondary N) is 7. The van der Waals surface area contributed by atoms with E-state index in [1.807, 2.05) is 13.0 Å². The van der Waals surface area contributed by atoms with E-state index in [4.69, 9.17) is 16.9 Å². The van der Waals surface area contributed by atoms with Crippen LogP contribution >= 0.6 is 0 Å². The second-order valence-electron chi connectivity index (χ2n) is 16.3. The molecule has 4 rings (SSSR count). The van der Waals surface area contributed by atoms with Crippen molar-refractivity contribution < 1.29 is 43.5 Å². The Morgan fingerprint density at radius 3 is 2.20 bits per heavy atom. The Kier molecular flexibility index (Phi) is 18.7. The fourth-order valence-electron chi connectivity index (χ4n) is 7.46. The topological polar surface area (TPSA) is 321 Å². The molecule has 1 aliphatic heterocycles. The van der Waals surface area contributed by atoms with Gasteiger partial charge in [0.1, 0.15) is 30.2 Å². The van der Waals surface area contributed by atoms with E-state index in [0.717, 1.165) is 10.9 Å². The van der Waals surface area contributed by atoms with E-state index in [-0.39, 0.29) is 43.6 Å². The molecule has 1 aromatic heterocycles. The molecule has 20 nitrogen and oxygen atoms in total. The number of rotatable bonds is 24. The summed E-state index contributed by atoms with van der Waals surface area (Å²) in [4.78, 5) is 111. The third kappa shape index (κ3) is 14.7. The molecule has 0 radical (unpaired) electrons.